The van der Waals surface area contributed by atoms with Gasteiger partial charge in [0.05, 0.1) is 11.1 Å². The summed E-state index contributed by atoms with van der Waals surface area (Å²) in [5.74, 6) is -1.38. The Morgan fingerprint density at radius 1 is 1.50 bits per heavy atom. The molecule has 0 fully saturated rings. The molecule has 1 aromatic carbocycles. The summed E-state index contributed by atoms with van der Waals surface area (Å²) < 4.78 is 17.8. The molecule has 6 heteroatoms. The Kier molecular flexibility index (Phi) is 2.40. The van der Waals surface area contributed by atoms with Crippen molar-refractivity contribution in [1.82, 2.24) is 10.1 Å². The van der Waals surface area contributed by atoms with E-state index in [1.54, 1.807) is 6.92 Å². The topological polar surface area (TPSA) is 76.2 Å². The molecule has 1 heterocycles. The van der Waals surface area contributed by atoms with Crippen LogP contribution in [0.5, 0.6) is 0 Å². The van der Waals surface area contributed by atoms with Crippen molar-refractivity contribution in [3.05, 3.63) is 35.4 Å². The van der Waals surface area contributed by atoms with Gasteiger partial charge in [-0.15, -0.1) is 0 Å². The summed E-state index contributed by atoms with van der Waals surface area (Å²) in [6.45, 7) is 1.59. The second-order valence-corrected chi connectivity index (χ2v) is 3.14. The van der Waals surface area contributed by atoms with Crippen LogP contribution in [0.25, 0.3) is 11.5 Å². The van der Waals surface area contributed by atoms with Crippen molar-refractivity contribution in [3.63, 3.8) is 0 Å². The molecular formula is C10H7FN2O3. The van der Waals surface area contributed by atoms with E-state index >= 15 is 0 Å². The van der Waals surface area contributed by atoms with Crippen molar-refractivity contribution in [3.8, 4) is 11.5 Å². The van der Waals surface area contributed by atoms with E-state index in [-0.39, 0.29) is 17.0 Å². The van der Waals surface area contributed by atoms with Crippen LogP contribution >= 0.6 is 0 Å². The summed E-state index contributed by atoms with van der Waals surface area (Å²) in [6, 6.07) is 3.28. The number of benzene rings is 1. The van der Waals surface area contributed by atoms with E-state index in [4.69, 9.17) is 9.63 Å². The van der Waals surface area contributed by atoms with Gasteiger partial charge in [-0.2, -0.15) is 4.98 Å². The van der Waals surface area contributed by atoms with Gasteiger partial charge >= 0.3 is 5.97 Å². The zero-order chi connectivity index (χ0) is 11.7. The van der Waals surface area contributed by atoms with Crippen molar-refractivity contribution < 1.29 is 18.8 Å². The number of carboxylic acids is 1. The number of rotatable bonds is 2. The highest BCUT2D eigenvalue weighted by atomic mass is 19.1. The second kappa shape index (κ2) is 3.73. The summed E-state index contributed by atoms with van der Waals surface area (Å²) in [6.07, 6.45) is 0. The van der Waals surface area contributed by atoms with Gasteiger partial charge in [-0.3, -0.25) is 0 Å². The van der Waals surface area contributed by atoms with Crippen LogP contribution in [-0.4, -0.2) is 21.2 Å². The maximum Gasteiger partial charge on any atom is 0.336 e. The van der Waals surface area contributed by atoms with Gasteiger partial charge < -0.3 is 9.63 Å². The molecule has 1 N–H and O–H groups in total. The minimum absolute atomic E-state index is 0.00519. The number of hydrogen-bond acceptors (Lipinski definition) is 4. The molecule has 1 aromatic heterocycles. The maximum atomic E-state index is 13.0. The smallest absolute Gasteiger partial charge is 0.336 e. The van der Waals surface area contributed by atoms with Crippen LogP contribution in [0.4, 0.5) is 4.39 Å². The first-order valence-corrected chi connectivity index (χ1v) is 4.41. The quantitative estimate of drug-likeness (QED) is 0.839. The van der Waals surface area contributed by atoms with Gasteiger partial charge in [-0.25, -0.2) is 9.18 Å². The number of hydrogen-bond donors (Lipinski definition) is 1. The molecule has 0 saturated heterocycles. The van der Waals surface area contributed by atoms with Crippen LogP contribution in [0.1, 0.15) is 16.2 Å². The average molecular weight is 222 g/mol. The van der Waals surface area contributed by atoms with E-state index in [2.05, 4.69) is 10.1 Å². The molecule has 0 aliphatic carbocycles. The zero-order valence-electron chi connectivity index (χ0n) is 8.27. The Labute approximate surface area is 89.5 Å². The summed E-state index contributed by atoms with van der Waals surface area (Å²) in [4.78, 5) is 14.8. The highest BCUT2D eigenvalue weighted by molar-refractivity contribution is 5.94. The maximum absolute atomic E-state index is 13.0. The van der Waals surface area contributed by atoms with Gasteiger partial charge in [0.1, 0.15) is 5.82 Å². The SMILES string of the molecule is Cc1noc(-c2cc(F)ccc2C(=O)O)n1. The fourth-order valence-corrected chi connectivity index (χ4v) is 1.29. The molecule has 0 aliphatic rings. The van der Waals surface area contributed by atoms with Gasteiger partial charge in [0, 0.05) is 0 Å². The molecule has 0 aliphatic heterocycles. The number of aromatic carboxylic acids is 1. The predicted octanol–water partition coefficient (Wildman–Crippen LogP) is 1.88. The Hall–Kier alpha value is -2.24. The first kappa shape index (κ1) is 10.3. The van der Waals surface area contributed by atoms with Crippen LogP contribution in [0, 0.1) is 12.7 Å². The van der Waals surface area contributed by atoms with Crippen molar-refractivity contribution in [2.24, 2.45) is 0 Å². The minimum atomic E-state index is -1.18. The molecule has 2 aromatic rings. The van der Waals surface area contributed by atoms with Crippen LogP contribution < -0.4 is 0 Å². The molecule has 2 rings (SSSR count). The van der Waals surface area contributed by atoms with E-state index in [1.165, 1.54) is 0 Å². The largest absolute Gasteiger partial charge is 0.478 e. The molecule has 5 nitrogen and oxygen atoms in total. The Bertz CT molecular complexity index is 551. The molecular weight excluding hydrogens is 215 g/mol. The molecule has 16 heavy (non-hydrogen) atoms. The number of carboxylic acid groups (broad SMARTS) is 1. The Morgan fingerprint density at radius 2 is 2.25 bits per heavy atom. The van der Waals surface area contributed by atoms with E-state index in [9.17, 15) is 9.18 Å². The third-order valence-electron chi connectivity index (χ3n) is 1.97. The summed E-state index contributed by atoms with van der Waals surface area (Å²) in [5, 5.41) is 12.4. The molecule has 0 spiro atoms. The van der Waals surface area contributed by atoms with Crippen LogP contribution in [0.2, 0.25) is 0 Å². The van der Waals surface area contributed by atoms with E-state index in [0.717, 1.165) is 18.2 Å². The van der Waals surface area contributed by atoms with Crippen LogP contribution in [-0.2, 0) is 0 Å². The average Bonchev–Trinajstić information content (AvgIpc) is 2.64. The predicted molar refractivity (Wildman–Crippen MR) is 51.4 cm³/mol. The summed E-state index contributed by atoms with van der Waals surface area (Å²) in [7, 11) is 0. The molecule has 0 radical (unpaired) electrons. The normalized spacial score (nSPS) is 10.4. The molecule has 0 atom stereocenters. The van der Waals surface area contributed by atoms with Gasteiger partial charge in [0.15, 0.2) is 5.82 Å². The highest BCUT2D eigenvalue weighted by Gasteiger charge is 2.17. The third-order valence-corrected chi connectivity index (χ3v) is 1.97. The lowest BCUT2D eigenvalue weighted by Gasteiger charge is -2.00. The van der Waals surface area contributed by atoms with Crippen molar-refractivity contribution in [2.75, 3.05) is 0 Å². The number of halogens is 1. The van der Waals surface area contributed by atoms with E-state index < -0.39 is 11.8 Å². The van der Waals surface area contributed by atoms with Gasteiger partial charge in [-0.05, 0) is 25.1 Å². The lowest BCUT2D eigenvalue weighted by molar-refractivity contribution is 0.0697. The van der Waals surface area contributed by atoms with Crippen LogP contribution in [0.3, 0.4) is 0 Å². The molecule has 0 saturated carbocycles. The number of nitrogens with zero attached hydrogens (tertiary/aromatic N) is 2. The first-order valence-electron chi connectivity index (χ1n) is 4.41. The number of carbonyl (C=O) groups is 1. The summed E-state index contributed by atoms with van der Waals surface area (Å²) >= 11 is 0. The molecule has 0 bridgehead atoms. The van der Waals surface area contributed by atoms with Gasteiger partial charge in [0.2, 0.25) is 0 Å². The minimum Gasteiger partial charge on any atom is -0.478 e. The lowest BCUT2D eigenvalue weighted by Crippen LogP contribution is -2.00. The molecule has 0 unspecified atom stereocenters. The summed E-state index contributed by atoms with van der Waals surface area (Å²) in [5.41, 5.74) is -0.00171. The fraction of sp³-hybridized carbons (Fsp3) is 0.100. The van der Waals surface area contributed by atoms with Crippen molar-refractivity contribution in [2.45, 2.75) is 6.92 Å². The Balaban J connectivity index is 2.62. The number of aryl methyl sites for hydroxylation is 1. The number of aromatic nitrogens is 2. The monoisotopic (exact) mass is 222 g/mol. The van der Waals surface area contributed by atoms with Crippen molar-refractivity contribution >= 4 is 5.97 Å². The standard InChI is InChI=1S/C10H7FN2O3/c1-5-12-9(16-13-5)8-4-6(11)2-3-7(8)10(14)15/h2-4H,1H3,(H,14,15). The van der Waals surface area contributed by atoms with Gasteiger partial charge in [-0.1, -0.05) is 5.16 Å². The second-order valence-electron chi connectivity index (χ2n) is 3.14. The van der Waals surface area contributed by atoms with Crippen molar-refractivity contribution in [1.29, 1.82) is 0 Å². The fourth-order valence-electron chi connectivity index (χ4n) is 1.29. The third kappa shape index (κ3) is 1.77. The lowest BCUT2D eigenvalue weighted by atomic mass is 10.1. The van der Waals surface area contributed by atoms with Gasteiger partial charge in [0.25, 0.3) is 5.89 Å². The van der Waals surface area contributed by atoms with E-state index in [1.807, 2.05) is 0 Å². The van der Waals surface area contributed by atoms with E-state index in [0.29, 0.717) is 5.82 Å². The molecule has 0 amide bonds. The molecule has 82 valence electrons. The highest BCUT2D eigenvalue weighted by Crippen LogP contribution is 2.23. The zero-order valence-corrected chi connectivity index (χ0v) is 8.27. The first-order chi connectivity index (χ1) is 7.58. The Morgan fingerprint density at radius 3 is 2.81 bits per heavy atom. The van der Waals surface area contributed by atoms with Crippen LogP contribution in [0.15, 0.2) is 22.7 Å².